The van der Waals surface area contributed by atoms with Gasteiger partial charge in [0.25, 0.3) is 5.56 Å². The molecule has 0 saturated carbocycles. The lowest BCUT2D eigenvalue weighted by atomic mass is 10.2. The van der Waals surface area contributed by atoms with Gasteiger partial charge in [0.05, 0.1) is 9.72 Å². The molecule has 3 aromatic rings. The summed E-state index contributed by atoms with van der Waals surface area (Å²) in [6, 6.07) is 0.872. The molecule has 3 rings (SSSR count). The number of alkyl halides is 3. The van der Waals surface area contributed by atoms with Gasteiger partial charge in [0.15, 0.2) is 4.47 Å². The van der Waals surface area contributed by atoms with Crippen LogP contribution in [0.4, 0.5) is 17.6 Å². The lowest BCUT2D eigenvalue weighted by Gasteiger charge is -2.15. The minimum atomic E-state index is -5.08. The molecule has 0 fully saturated rings. The number of halogens is 6. The zero-order valence-corrected chi connectivity index (χ0v) is 13.4. The van der Waals surface area contributed by atoms with Crippen molar-refractivity contribution in [2.75, 3.05) is 0 Å². The first kappa shape index (κ1) is 16.9. The maximum atomic E-state index is 14.4. The summed E-state index contributed by atoms with van der Waals surface area (Å²) in [5, 5.41) is -0.180. The second-order valence-corrected chi connectivity index (χ2v) is 6.48. The maximum absolute atomic E-state index is 14.4. The van der Waals surface area contributed by atoms with E-state index in [1.165, 1.54) is 0 Å². The van der Waals surface area contributed by atoms with E-state index in [1.54, 1.807) is 4.98 Å². The summed E-state index contributed by atoms with van der Waals surface area (Å²) in [5.41, 5.74) is -5.16. The van der Waals surface area contributed by atoms with E-state index in [0.29, 0.717) is 17.4 Å². The summed E-state index contributed by atoms with van der Waals surface area (Å²) in [4.78, 5) is 28.7. The molecule has 126 valence electrons. The summed E-state index contributed by atoms with van der Waals surface area (Å²) in [7, 11) is 0. The fourth-order valence-corrected chi connectivity index (χ4v) is 3.55. The largest absolute Gasteiger partial charge is 0.432 e. The van der Waals surface area contributed by atoms with Crippen LogP contribution in [-0.2, 0) is 6.18 Å². The van der Waals surface area contributed by atoms with Crippen molar-refractivity contribution in [3.63, 3.8) is 0 Å². The molecule has 0 aliphatic rings. The smallest absolute Gasteiger partial charge is 0.274 e. The van der Waals surface area contributed by atoms with Crippen molar-refractivity contribution >= 4 is 44.8 Å². The number of aromatic nitrogens is 3. The predicted molar refractivity (Wildman–Crippen MR) is 80.8 cm³/mol. The number of fused-ring (bicyclic) bond motifs is 1. The van der Waals surface area contributed by atoms with Crippen LogP contribution >= 0.6 is 34.5 Å². The van der Waals surface area contributed by atoms with Crippen molar-refractivity contribution in [3.8, 4) is 5.69 Å². The SMILES string of the molecule is O=c1cc(C(F)(F)F)n(-c2c(F)cc(Cl)c3nc(Cl)sc23)c(=O)[nH]1. The average molecular weight is 400 g/mol. The Balaban J connectivity index is 2.54. The summed E-state index contributed by atoms with van der Waals surface area (Å²) in [6.07, 6.45) is -5.08. The third-order valence-electron chi connectivity index (χ3n) is 2.98. The van der Waals surface area contributed by atoms with Gasteiger partial charge in [-0.25, -0.2) is 14.2 Å². The van der Waals surface area contributed by atoms with Gasteiger partial charge < -0.3 is 0 Å². The highest BCUT2D eigenvalue weighted by Gasteiger charge is 2.37. The number of benzene rings is 1. The summed E-state index contributed by atoms with van der Waals surface area (Å²) in [6.45, 7) is 0. The Kier molecular flexibility index (Phi) is 3.93. The van der Waals surface area contributed by atoms with Crippen LogP contribution in [0.15, 0.2) is 21.7 Å². The molecule has 0 aliphatic heterocycles. The second-order valence-electron chi connectivity index (χ2n) is 4.49. The quantitative estimate of drug-likeness (QED) is 0.635. The highest BCUT2D eigenvalue weighted by molar-refractivity contribution is 7.22. The van der Waals surface area contributed by atoms with Crippen molar-refractivity contribution in [2.24, 2.45) is 0 Å². The van der Waals surface area contributed by atoms with Crippen molar-refractivity contribution < 1.29 is 17.6 Å². The van der Waals surface area contributed by atoms with Crippen molar-refractivity contribution in [2.45, 2.75) is 6.18 Å². The van der Waals surface area contributed by atoms with Gasteiger partial charge in [-0.3, -0.25) is 14.3 Å². The topological polar surface area (TPSA) is 67.8 Å². The number of H-pyrrole nitrogens is 1. The highest BCUT2D eigenvalue weighted by Crippen LogP contribution is 2.38. The molecule has 0 aliphatic carbocycles. The second kappa shape index (κ2) is 5.57. The standard InChI is InChI=1S/C12H3Cl2F4N3O2S/c13-3-1-4(15)8(9-7(3)20-10(14)24-9)21-5(12(16,17)18)2-6(22)19-11(21)23/h1-2H,(H,19,22,23). The van der Waals surface area contributed by atoms with Gasteiger partial charge in [0, 0.05) is 6.07 Å². The molecule has 0 radical (unpaired) electrons. The number of hydrogen-bond acceptors (Lipinski definition) is 4. The predicted octanol–water partition coefficient (Wildman–Crippen LogP) is 3.60. The number of hydrogen-bond donors (Lipinski definition) is 1. The molecule has 0 spiro atoms. The van der Waals surface area contributed by atoms with Crippen LogP contribution in [0.25, 0.3) is 15.9 Å². The Labute approximate surface area is 143 Å². The normalized spacial score (nSPS) is 12.1. The van der Waals surface area contributed by atoms with Crippen LogP contribution in [-0.4, -0.2) is 14.5 Å². The first-order valence-corrected chi connectivity index (χ1v) is 7.55. The number of aromatic amines is 1. The van der Waals surface area contributed by atoms with E-state index in [-0.39, 0.29) is 30.3 Å². The van der Waals surface area contributed by atoms with E-state index in [9.17, 15) is 27.2 Å². The minimum Gasteiger partial charge on any atom is -0.274 e. The van der Waals surface area contributed by atoms with Gasteiger partial charge in [0.2, 0.25) is 0 Å². The molecule has 1 N–H and O–H groups in total. The van der Waals surface area contributed by atoms with Crippen molar-refractivity contribution in [1.82, 2.24) is 14.5 Å². The third-order valence-corrected chi connectivity index (χ3v) is 4.43. The lowest BCUT2D eigenvalue weighted by Crippen LogP contribution is -2.34. The first-order chi connectivity index (χ1) is 11.1. The van der Waals surface area contributed by atoms with E-state index < -0.39 is 34.6 Å². The molecule has 2 heterocycles. The highest BCUT2D eigenvalue weighted by atomic mass is 35.5. The molecular weight excluding hydrogens is 397 g/mol. The summed E-state index contributed by atoms with van der Waals surface area (Å²) >= 11 is 12.2. The number of rotatable bonds is 1. The fourth-order valence-electron chi connectivity index (χ4n) is 2.11. The minimum absolute atomic E-state index is 0.0178. The van der Waals surface area contributed by atoms with Gasteiger partial charge >= 0.3 is 11.9 Å². The van der Waals surface area contributed by atoms with Crippen molar-refractivity contribution in [3.05, 3.63) is 54.0 Å². The van der Waals surface area contributed by atoms with Crippen LogP contribution in [0.3, 0.4) is 0 Å². The zero-order valence-electron chi connectivity index (χ0n) is 11.0. The van der Waals surface area contributed by atoms with Crippen LogP contribution in [0.1, 0.15) is 5.69 Å². The van der Waals surface area contributed by atoms with Gasteiger partial charge in [-0.1, -0.05) is 23.2 Å². The van der Waals surface area contributed by atoms with E-state index in [4.69, 9.17) is 23.2 Å². The zero-order chi connectivity index (χ0) is 17.8. The Bertz CT molecular complexity index is 1090. The number of nitrogens with one attached hydrogen (secondary N) is 1. The first-order valence-electron chi connectivity index (χ1n) is 5.97. The molecule has 2 aromatic heterocycles. The van der Waals surface area contributed by atoms with Gasteiger partial charge in [-0.2, -0.15) is 13.2 Å². The van der Waals surface area contributed by atoms with E-state index in [0.717, 1.165) is 0 Å². The molecule has 0 saturated heterocycles. The Morgan fingerprint density at radius 3 is 2.50 bits per heavy atom. The molecule has 1 aromatic carbocycles. The molecule has 12 heteroatoms. The fraction of sp³-hybridized carbons (Fsp3) is 0.0833. The third kappa shape index (κ3) is 2.70. The molecule has 0 unspecified atom stereocenters. The number of nitrogens with zero attached hydrogens (tertiary/aromatic N) is 2. The van der Waals surface area contributed by atoms with E-state index in [1.807, 2.05) is 0 Å². The molecule has 24 heavy (non-hydrogen) atoms. The maximum Gasteiger partial charge on any atom is 0.432 e. The Morgan fingerprint density at radius 1 is 1.21 bits per heavy atom. The summed E-state index contributed by atoms with van der Waals surface area (Å²) in [5.74, 6) is -1.20. The Morgan fingerprint density at radius 2 is 1.88 bits per heavy atom. The molecule has 5 nitrogen and oxygen atoms in total. The number of thiazole rings is 1. The van der Waals surface area contributed by atoms with Crippen LogP contribution in [0.5, 0.6) is 0 Å². The van der Waals surface area contributed by atoms with Gasteiger partial charge in [-0.15, -0.1) is 11.3 Å². The Hall–Kier alpha value is -1.91. The molecular formula is C12H3Cl2F4N3O2S. The monoisotopic (exact) mass is 399 g/mol. The lowest BCUT2D eigenvalue weighted by molar-refractivity contribution is -0.143. The van der Waals surface area contributed by atoms with Crippen LogP contribution in [0, 0.1) is 5.82 Å². The van der Waals surface area contributed by atoms with E-state index in [2.05, 4.69) is 4.98 Å². The van der Waals surface area contributed by atoms with Gasteiger partial charge in [-0.05, 0) is 6.07 Å². The molecule has 0 amide bonds. The average Bonchev–Trinajstić information content (AvgIpc) is 2.81. The summed E-state index contributed by atoms with van der Waals surface area (Å²) < 4.78 is 53.7. The van der Waals surface area contributed by atoms with Crippen molar-refractivity contribution in [1.29, 1.82) is 0 Å². The molecule has 0 atom stereocenters. The van der Waals surface area contributed by atoms with Crippen LogP contribution < -0.4 is 11.2 Å². The molecule has 0 bridgehead atoms. The van der Waals surface area contributed by atoms with Crippen LogP contribution in [0.2, 0.25) is 9.49 Å². The van der Waals surface area contributed by atoms with Gasteiger partial charge in [0.1, 0.15) is 22.7 Å². The van der Waals surface area contributed by atoms with E-state index >= 15 is 0 Å².